The molecule has 0 spiro atoms. The number of aromatic nitrogens is 3. The highest BCUT2D eigenvalue weighted by atomic mass is 16.5. The van der Waals surface area contributed by atoms with Crippen molar-refractivity contribution in [1.29, 1.82) is 5.26 Å². The van der Waals surface area contributed by atoms with Gasteiger partial charge >= 0.3 is 0 Å². The molecule has 0 radical (unpaired) electrons. The van der Waals surface area contributed by atoms with Crippen LogP contribution in [0.3, 0.4) is 0 Å². The van der Waals surface area contributed by atoms with Crippen molar-refractivity contribution in [3.63, 3.8) is 0 Å². The highest BCUT2D eigenvalue weighted by Crippen LogP contribution is 2.33. The third kappa shape index (κ3) is 2.73. The lowest BCUT2D eigenvalue weighted by molar-refractivity contribution is 0.415. The Hall–Kier alpha value is -2.94. The van der Waals surface area contributed by atoms with Crippen LogP contribution in [0.4, 0.5) is 5.82 Å². The van der Waals surface area contributed by atoms with E-state index < -0.39 is 0 Å². The number of imidazole rings is 2. The Balaban J connectivity index is 2.24. The number of anilines is 1. The Kier molecular flexibility index (Phi) is 3.49. The fraction of sp³-hybridized carbons (Fsp3) is 0.294. The molecule has 0 fully saturated rings. The number of nitriles is 1. The monoisotopic (exact) mass is 309 g/mol. The van der Waals surface area contributed by atoms with Gasteiger partial charge < -0.3 is 15.0 Å². The molecule has 2 heterocycles. The zero-order valence-electron chi connectivity index (χ0n) is 13.6. The van der Waals surface area contributed by atoms with Gasteiger partial charge in [-0.1, -0.05) is 12.1 Å². The molecule has 0 aliphatic heterocycles. The average molecular weight is 309 g/mol. The van der Waals surface area contributed by atoms with Crippen molar-refractivity contribution in [1.82, 2.24) is 14.4 Å². The number of ether oxygens (including phenoxy) is 1. The summed E-state index contributed by atoms with van der Waals surface area (Å²) in [6.07, 6.45) is 1.65. The van der Waals surface area contributed by atoms with Gasteiger partial charge in [0.15, 0.2) is 11.3 Å². The van der Waals surface area contributed by atoms with Gasteiger partial charge in [0.1, 0.15) is 24.0 Å². The molecule has 0 aliphatic carbocycles. The Labute approximate surface area is 134 Å². The number of nitrogens with one attached hydrogen (secondary N) is 2. The van der Waals surface area contributed by atoms with Gasteiger partial charge in [0.05, 0.1) is 12.8 Å². The number of hydrogen-bond donors (Lipinski definition) is 2. The summed E-state index contributed by atoms with van der Waals surface area (Å²) in [5.41, 5.74) is 2.78. The van der Waals surface area contributed by atoms with Crippen LogP contribution < -0.4 is 10.1 Å². The van der Waals surface area contributed by atoms with Crippen molar-refractivity contribution in [3.8, 4) is 23.1 Å². The van der Waals surface area contributed by atoms with Crippen molar-refractivity contribution in [3.05, 3.63) is 36.3 Å². The molecule has 1 aromatic carbocycles. The molecule has 0 bridgehead atoms. The Morgan fingerprint density at radius 1 is 1.35 bits per heavy atom. The van der Waals surface area contributed by atoms with E-state index in [9.17, 15) is 5.26 Å². The number of nitrogens with zero attached hydrogens (tertiary/aromatic N) is 3. The van der Waals surface area contributed by atoms with E-state index in [4.69, 9.17) is 4.74 Å². The summed E-state index contributed by atoms with van der Waals surface area (Å²) < 4.78 is 7.19. The predicted octanol–water partition coefficient (Wildman–Crippen LogP) is 3.42. The van der Waals surface area contributed by atoms with Gasteiger partial charge in [-0.2, -0.15) is 5.26 Å². The van der Waals surface area contributed by atoms with Crippen molar-refractivity contribution < 1.29 is 4.74 Å². The van der Waals surface area contributed by atoms with Gasteiger partial charge in [0.2, 0.25) is 0 Å². The molecule has 0 unspecified atom stereocenters. The lowest BCUT2D eigenvalue weighted by atomic mass is 10.1. The van der Waals surface area contributed by atoms with Crippen LogP contribution in [0.5, 0.6) is 5.75 Å². The minimum Gasteiger partial charge on any atom is -0.497 e. The SMILES string of the molecule is COc1cccc(-c2[nH]c3c(C#N)ncn3c2NC(C)(C)C)c1. The quantitative estimate of drug-likeness (QED) is 0.777. The summed E-state index contributed by atoms with van der Waals surface area (Å²) in [6.45, 7) is 6.26. The maximum atomic E-state index is 9.22. The van der Waals surface area contributed by atoms with Crippen LogP contribution in [-0.4, -0.2) is 27.0 Å². The van der Waals surface area contributed by atoms with Gasteiger partial charge in [-0.3, -0.25) is 4.40 Å². The number of hydrogen-bond acceptors (Lipinski definition) is 4. The average Bonchev–Trinajstić information content (AvgIpc) is 3.06. The third-order valence-electron chi connectivity index (χ3n) is 3.45. The molecule has 0 saturated carbocycles. The molecule has 0 saturated heterocycles. The normalized spacial score (nSPS) is 11.4. The van der Waals surface area contributed by atoms with Crippen molar-refractivity contribution >= 4 is 11.5 Å². The van der Waals surface area contributed by atoms with E-state index in [1.54, 1.807) is 13.4 Å². The number of methoxy groups -OCH3 is 1. The molecule has 23 heavy (non-hydrogen) atoms. The summed E-state index contributed by atoms with van der Waals surface area (Å²) in [5.74, 6) is 1.65. The Morgan fingerprint density at radius 3 is 2.78 bits per heavy atom. The standard InChI is InChI=1S/C17H19N5O/c1-17(2,3)21-16-14(11-6-5-7-12(8-11)23-4)20-15-13(9-18)19-10-22(15)16/h5-8,10,20-21H,1-4H3. The summed E-state index contributed by atoms with van der Waals surface area (Å²) in [6, 6.07) is 9.91. The molecule has 6 nitrogen and oxygen atoms in total. The lowest BCUT2D eigenvalue weighted by Crippen LogP contribution is -2.27. The Bertz CT molecular complexity index is 892. The topological polar surface area (TPSA) is 78.1 Å². The van der Waals surface area contributed by atoms with Crippen molar-refractivity contribution in [2.45, 2.75) is 26.3 Å². The predicted molar refractivity (Wildman–Crippen MR) is 89.6 cm³/mol. The van der Waals surface area contributed by atoms with Gasteiger partial charge in [-0.15, -0.1) is 0 Å². The molecule has 6 heteroatoms. The number of benzene rings is 1. The first kappa shape index (κ1) is 15.0. The second-order valence-corrected chi connectivity index (χ2v) is 6.38. The maximum Gasteiger partial charge on any atom is 0.183 e. The summed E-state index contributed by atoms with van der Waals surface area (Å²) in [4.78, 5) is 7.45. The van der Waals surface area contributed by atoms with Crippen LogP contribution in [0, 0.1) is 11.3 Å². The van der Waals surface area contributed by atoms with Crippen LogP contribution in [-0.2, 0) is 0 Å². The summed E-state index contributed by atoms with van der Waals surface area (Å²) >= 11 is 0. The zero-order valence-corrected chi connectivity index (χ0v) is 13.6. The third-order valence-corrected chi connectivity index (χ3v) is 3.45. The molecule has 0 amide bonds. The van der Waals surface area contributed by atoms with E-state index in [0.29, 0.717) is 11.3 Å². The van der Waals surface area contributed by atoms with Gasteiger partial charge in [0, 0.05) is 11.1 Å². The second-order valence-electron chi connectivity index (χ2n) is 6.38. The molecule has 118 valence electrons. The van der Waals surface area contributed by atoms with Crippen LogP contribution in [0.1, 0.15) is 26.5 Å². The van der Waals surface area contributed by atoms with E-state index in [0.717, 1.165) is 22.8 Å². The molecule has 2 N–H and O–H groups in total. The zero-order chi connectivity index (χ0) is 16.6. The van der Waals surface area contributed by atoms with E-state index in [1.165, 1.54) is 0 Å². The van der Waals surface area contributed by atoms with Crippen LogP contribution in [0.2, 0.25) is 0 Å². The van der Waals surface area contributed by atoms with Crippen LogP contribution in [0.15, 0.2) is 30.6 Å². The first-order valence-electron chi connectivity index (χ1n) is 7.34. The minimum absolute atomic E-state index is 0.139. The lowest BCUT2D eigenvalue weighted by Gasteiger charge is -2.22. The number of rotatable bonds is 3. The smallest absolute Gasteiger partial charge is 0.183 e. The minimum atomic E-state index is -0.139. The molecule has 3 rings (SSSR count). The van der Waals surface area contributed by atoms with E-state index in [2.05, 4.69) is 42.1 Å². The molecule has 3 aromatic rings. The fourth-order valence-electron chi connectivity index (χ4n) is 2.48. The summed E-state index contributed by atoms with van der Waals surface area (Å²) in [5, 5.41) is 12.7. The van der Waals surface area contributed by atoms with E-state index >= 15 is 0 Å². The molecule has 0 atom stereocenters. The maximum absolute atomic E-state index is 9.22. The largest absolute Gasteiger partial charge is 0.497 e. The second kappa shape index (κ2) is 5.36. The van der Waals surface area contributed by atoms with Gasteiger partial charge in [-0.25, -0.2) is 4.98 Å². The fourth-order valence-corrected chi connectivity index (χ4v) is 2.48. The first-order valence-corrected chi connectivity index (χ1v) is 7.34. The molecule has 2 aromatic heterocycles. The van der Waals surface area contributed by atoms with Gasteiger partial charge in [-0.05, 0) is 32.9 Å². The van der Waals surface area contributed by atoms with E-state index in [-0.39, 0.29) is 5.54 Å². The highest BCUT2D eigenvalue weighted by molar-refractivity contribution is 5.79. The van der Waals surface area contributed by atoms with Crippen molar-refractivity contribution in [2.75, 3.05) is 12.4 Å². The number of fused-ring (bicyclic) bond motifs is 1. The summed E-state index contributed by atoms with van der Waals surface area (Å²) in [7, 11) is 1.64. The number of H-pyrrole nitrogens is 1. The molecular formula is C17H19N5O. The van der Waals surface area contributed by atoms with Crippen molar-refractivity contribution in [2.24, 2.45) is 0 Å². The van der Waals surface area contributed by atoms with Gasteiger partial charge in [0.25, 0.3) is 0 Å². The highest BCUT2D eigenvalue weighted by Gasteiger charge is 2.21. The molecule has 0 aliphatic rings. The number of aromatic amines is 1. The Morgan fingerprint density at radius 2 is 2.13 bits per heavy atom. The van der Waals surface area contributed by atoms with Crippen LogP contribution >= 0.6 is 0 Å². The molecular weight excluding hydrogens is 290 g/mol. The first-order chi connectivity index (χ1) is 10.9. The van der Waals surface area contributed by atoms with Crippen LogP contribution in [0.25, 0.3) is 16.9 Å². The van der Waals surface area contributed by atoms with E-state index in [1.807, 2.05) is 28.7 Å².